The number of carbonyl (C=O) groups is 3. The van der Waals surface area contributed by atoms with Gasteiger partial charge >= 0.3 is 5.97 Å². The number of H-pyrrole nitrogens is 1. The number of nitrogens with one attached hydrogen (secondary N) is 2. The molecule has 0 spiro atoms. The molecule has 1 atom stereocenters. The van der Waals surface area contributed by atoms with Crippen molar-refractivity contribution >= 4 is 17.7 Å². The number of ketones is 1. The first-order valence-corrected chi connectivity index (χ1v) is 5.29. The van der Waals surface area contributed by atoms with E-state index in [0.29, 0.717) is 5.56 Å². The normalized spacial score (nSPS) is 11.9. The quantitative estimate of drug-likeness (QED) is 0.523. The van der Waals surface area contributed by atoms with Crippen LogP contribution in [0.1, 0.15) is 34.2 Å². The lowest BCUT2D eigenvalue weighted by molar-refractivity contribution is -0.139. The number of hydrogen-bond acceptors (Lipinski definition) is 4. The molecule has 0 fully saturated rings. The SMILES string of the molecule is CC(=O)c1c[nH]c(C(=O)NC(CCO)C(=O)O)c1. The van der Waals surface area contributed by atoms with Crippen LogP contribution in [0.4, 0.5) is 0 Å². The molecule has 7 heteroatoms. The van der Waals surface area contributed by atoms with Crippen molar-refractivity contribution in [3.8, 4) is 0 Å². The van der Waals surface area contributed by atoms with Crippen LogP contribution in [-0.2, 0) is 4.79 Å². The Bertz CT molecular complexity index is 466. The molecule has 1 heterocycles. The molecule has 18 heavy (non-hydrogen) atoms. The van der Waals surface area contributed by atoms with Gasteiger partial charge in [0.2, 0.25) is 0 Å². The molecule has 0 aromatic carbocycles. The summed E-state index contributed by atoms with van der Waals surface area (Å²) in [6.45, 7) is 1.01. The van der Waals surface area contributed by atoms with Crippen molar-refractivity contribution in [2.45, 2.75) is 19.4 Å². The van der Waals surface area contributed by atoms with Crippen LogP contribution in [0.15, 0.2) is 12.3 Å². The third-order valence-corrected chi connectivity index (χ3v) is 2.36. The second-order valence-electron chi connectivity index (χ2n) is 3.73. The molecular weight excluding hydrogens is 240 g/mol. The molecule has 0 aliphatic heterocycles. The monoisotopic (exact) mass is 254 g/mol. The number of Topliss-reactive ketones (excluding diaryl/α,β-unsaturated/α-hetero) is 1. The molecule has 7 nitrogen and oxygen atoms in total. The van der Waals surface area contributed by atoms with E-state index >= 15 is 0 Å². The Hall–Kier alpha value is -2.15. The second kappa shape index (κ2) is 5.97. The molecule has 0 aliphatic carbocycles. The van der Waals surface area contributed by atoms with E-state index in [4.69, 9.17) is 10.2 Å². The van der Waals surface area contributed by atoms with Gasteiger partial charge in [0.1, 0.15) is 11.7 Å². The van der Waals surface area contributed by atoms with Gasteiger partial charge in [-0.15, -0.1) is 0 Å². The minimum absolute atomic E-state index is 0.0820. The van der Waals surface area contributed by atoms with Crippen LogP contribution in [0.3, 0.4) is 0 Å². The van der Waals surface area contributed by atoms with Crippen molar-refractivity contribution in [2.75, 3.05) is 6.61 Å². The molecule has 4 N–H and O–H groups in total. The number of hydrogen-bond donors (Lipinski definition) is 4. The Morgan fingerprint density at radius 1 is 1.44 bits per heavy atom. The molecule has 0 saturated carbocycles. The first-order chi connectivity index (χ1) is 8.45. The Balaban J connectivity index is 2.74. The third kappa shape index (κ3) is 3.42. The number of aliphatic hydroxyl groups excluding tert-OH is 1. The van der Waals surface area contributed by atoms with Crippen LogP contribution in [0, 0.1) is 0 Å². The number of rotatable bonds is 6. The molecule has 0 aliphatic rings. The van der Waals surface area contributed by atoms with E-state index in [-0.39, 0.29) is 24.5 Å². The molecule has 1 aromatic heterocycles. The zero-order valence-corrected chi connectivity index (χ0v) is 9.77. The van der Waals surface area contributed by atoms with Gasteiger partial charge in [0.15, 0.2) is 5.78 Å². The van der Waals surface area contributed by atoms with Gasteiger partial charge < -0.3 is 20.5 Å². The number of aromatic nitrogens is 1. The number of carbonyl (C=O) groups excluding carboxylic acids is 2. The summed E-state index contributed by atoms with van der Waals surface area (Å²) in [4.78, 5) is 36.1. The van der Waals surface area contributed by atoms with Crippen LogP contribution in [0.5, 0.6) is 0 Å². The van der Waals surface area contributed by atoms with Gasteiger partial charge in [0.25, 0.3) is 5.91 Å². The molecule has 1 aromatic rings. The van der Waals surface area contributed by atoms with Crippen molar-refractivity contribution in [3.63, 3.8) is 0 Å². The van der Waals surface area contributed by atoms with Gasteiger partial charge in [-0.3, -0.25) is 9.59 Å². The van der Waals surface area contributed by atoms with Crippen LogP contribution in [0.2, 0.25) is 0 Å². The van der Waals surface area contributed by atoms with E-state index in [2.05, 4.69) is 10.3 Å². The molecule has 0 saturated heterocycles. The van der Waals surface area contributed by atoms with Crippen molar-refractivity contribution in [1.82, 2.24) is 10.3 Å². The highest BCUT2D eigenvalue weighted by Gasteiger charge is 2.21. The fraction of sp³-hybridized carbons (Fsp3) is 0.364. The standard InChI is InChI=1S/C11H14N2O5/c1-6(15)7-4-9(12-5-7)10(16)13-8(2-3-14)11(17)18/h4-5,8,12,14H,2-3H2,1H3,(H,13,16)(H,17,18). The van der Waals surface area contributed by atoms with Crippen LogP contribution in [-0.4, -0.2) is 45.5 Å². The van der Waals surface area contributed by atoms with Crippen molar-refractivity contribution in [2.24, 2.45) is 0 Å². The molecule has 1 unspecified atom stereocenters. The fourth-order valence-electron chi connectivity index (χ4n) is 1.35. The smallest absolute Gasteiger partial charge is 0.326 e. The Kier molecular flexibility index (Phi) is 4.61. The van der Waals surface area contributed by atoms with E-state index in [1.165, 1.54) is 19.2 Å². The van der Waals surface area contributed by atoms with E-state index in [9.17, 15) is 14.4 Å². The lowest BCUT2D eigenvalue weighted by Gasteiger charge is -2.12. The zero-order chi connectivity index (χ0) is 13.7. The number of aromatic amines is 1. The highest BCUT2D eigenvalue weighted by Crippen LogP contribution is 2.05. The van der Waals surface area contributed by atoms with Gasteiger partial charge in [0.05, 0.1) is 0 Å². The molecular formula is C11H14N2O5. The minimum atomic E-state index is -1.23. The van der Waals surface area contributed by atoms with Crippen molar-refractivity contribution < 1.29 is 24.6 Å². The van der Waals surface area contributed by atoms with E-state index in [1.807, 2.05) is 0 Å². The Morgan fingerprint density at radius 2 is 2.11 bits per heavy atom. The zero-order valence-electron chi connectivity index (χ0n) is 9.77. The molecule has 0 bridgehead atoms. The third-order valence-electron chi connectivity index (χ3n) is 2.36. The number of aliphatic hydroxyl groups is 1. The maximum Gasteiger partial charge on any atom is 0.326 e. The highest BCUT2D eigenvalue weighted by atomic mass is 16.4. The number of carboxylic acid groups (broad SMARTS) is 1. The summed E-state index contributed by atoms with van der Waals surface area (Å²) in [6.07, 6.45) is 1.29. The van der Waals surface area contributed by atoms with Crippen LogP contribution < -0.4 is 5.32 Å². The minimum Gasteiger partial charge on any atom is -0.480 e. The largest absolute Gasteiger partial charge is 0.480 e. The van der Waals surface area contributed by atoms with E-state index < -0.39 is 17.9 Å². The van der Waals surface area contributed by atoms with Crippen LogP contribution in [0.25, 0.3) is 0 Å². The molecule has 98 valence electrons. The first kappa shape index (κ1) is 13.9. The summed E-state index contributed by atoms with van der Waals surface area (Å²) in [7, 11) is 0. The van der Waals surface area contributed by atoms with Crippen molar-refractivity contribution in [1.29, 1.82) is 0 Å². The summed E-state index contributed by atoms with van der Waals surface area (Å²) >= 11 is 0. The average molecular weight is 254 g/mol. The molecule has 1 amide bonds. The van der Waals surface area contributed by atoms with Gasteiger partial charge in [-0.2, -0.15) is 0 Å². The Morgan fingerprint density at radius 3 is 2.56 bits per heavy atom. The average Bonchev–Trinajstić information content (AvgIpc) is 2.77. The molecule has 1 rings (SSSR count). The summed E-state index contributed by atoms with van der Waals surface area (Å²) in [5, 5.41) is 19.7. The Labute approximate surface area is 103 Å². The summed E-state index contributed by atoms with van der Waals surface area (Å²) < 4.78 is 0. The number of carboxylic acids is 1. The summed E-state index contributed by atoms with van der Waals surface area (Å²) in [5.74, 6) is -2.06. The van der Waals surface area contributed by atoms with Gasteiger partial charge in [-0.05, 0) is 13.0 Å². The first-order valence-electron chi connectivity index (χ1n) is 5.29. The summed E-state index contributed by atoms with van der Waals surface area (Å²) in [5.41, 5.74) is 0.443. The van der Waals surface area contributed by atoms with Gasteiger partial charge in [0, 0.05) is 24.8 Å². The van der Waals surface area contributed by atoms with Gasteiger partial charge in [-0.1, -0.05) is 0 Å². The fourth-order valence-corrected chi connectivity index (χ4v) is 1.35. The van der Waals surface area contributed by atoms with E-state index in [1.54, 1.807) is 0 Å². The molecule has 0 radical (unpaired) electrons. The number of aliphatic carboxylic acids is 1. The second-order valence-corrected chi connectivity index (χ2v) is 3.73. The van der Waals surface area contributed by atoms with Gasteiger partial charge in [-0.25, -0.2) is 4.79 Å². The maximum absolute atomic E-state index is 11.7. The topological polar surface area (TPSA) is 119 Å². The van der Waals surface area contributed by atoms with Crippen LogP contribution >= 0.6 is 0 Å². The lowest BCUT2D eigenvalue weighted by atomic mass is 10.2. The maximum atomic E-state index is 11.7. The predicted octanol–water partition coefficient (Wildman–Crippen LogP) is -0.217. The highest BCUT2D eigenvalue weighted by molar-refractivity contribution is 6.00. The lowest BCUT2D eigenvalue weighted by Crippen LogP contribution is -2.41. The van der Waals surface area contributed by atoms with E-state index in [0.717, 1.165) is 0 Å². The summed E-state index contributed by atoms with van der Waals surface area (Å²) in [6, 6.07) is 0.182. The predicted molar refractivity (Wildman–Crippen MR) is 61.4 cm³/mol. The number of amides is 1. The van der Waals surface area contributed by atoms with Crippen molar-refractivity contribution in [3.05, 3.63) is 23.5 Å².